The molecule has 0 atom stereocenters. The van der Waals surface area contributed by atoms with Gasteiger partial charge in [0.1, 0.15) is 0 Å². The van der Waals surface area contributed by atoms with Crippen LogP contribution in [-0.4, -0.2) is 8.36 Å². The van der Waals surface area contributed by atoms with Crippen LogP contribution in [0.2, 0.25) is 0 Å². The second kappa shape index (κ2) is 6.10. The largest absolute Gasteiger partial charge is 0.307 e. The number of thiazole rings is 1. The molecule has 6 heteroatoms. The Labute approximate surface area is 136 Å². The Morgan fingerprint density at radius 1 is 1.20 bits per heavy atom. The van der Waals surface area contributed by atoms with Crippen molar-refractivity contribution in [3.63, 3.8) is 0 Å². The lowest BCUT2D eigenvalue weighted by molar-refractivity contribution is 0.743. The van der Waals surface area contributed by atoms with E-state index in [0.717, 1.165) is 33.0 Å². The standard InChI is InChI=1S/C14H14Cl3NOS/c1-9-5-3-4-6-11(9)8-18-10(2)12(20-13(18)19)7-14(15,16)17/h3-6H,7-8H2,1-2H3. The molecule has 0 spiro atoms. The number of rotatable bonds is 3. The first-order valence-corrected chi connectivity index (χ1v) is 8.03. The molecule has 0 aliphatic rings. The van der Waals surface area contributed by atoms with E-state index in [2.05, 4.69) is 0 Å². The first-order valence-electron chi connectivity index (χ1n) is 6.08. The molecule has 108 valence electrons. The maximum absolute atomic E-state index is 12.1. The topological polar surface area (TPSA) is 22.0 Å². The summed E-state index contributed by atoms with van der Waals surface area (Å²) in [5.74, 6) is 0. The number of hydrogen-bond donors (Lipinski definition) is 0. The highest BCUT2D eigenvalue weighted by Gasteiger charge is 2.24. The smallest absolute Gasteiger partial charge is 0.299 e. The molecular weight excluding hydrogens is 337 g/mol. The third-order valence-corrected chi connectivity index (χ3v) is 4.67. The number of nitrogens with zero attached hydrogens (tertiary/aromatic N) is 1. The summed E-state index contributed by atoms with van der Waals surface area (Å²) in [5.41, 5.74) is 3.15. The summed E-state index contributed by atoms with van der Waals surface area (Å²) in [7, 11) is 0. The van der Waals surface area contributed by atoms with Gasteiger partial charge >= 0.3 is 4.87 Å². The molecular formula is C14H14Cl3NOS. The van der Waals surface area contributed by atoms with Gasteiger partial charge in [0.05, 0.1) is 6.54 Å². The highest BCUT2D eigenvalue weighted by atomic mass is 35.6. The molecule has 0 radical (unpaired) electrons. The average Bonchev–Trinajstić information content (AvgIpc) is 2.57. The van der Waals surface area contributed by atoms with Gasteiger partial charge in [0.25, 0.3) is 0 Å². The van der Waals surface area contributed by atoms with Gasteiger partial charge in [-0.25, -0.2) is 0 Å². The van der Waals surface area contributed by atoms with E-state index < -0.39 is 3.79 Å². The van der Waals surface area contributed by atoms with E-state index in [4.69, 9.17) is 34.8 Å². The first kappa shape index (κ1) is 15.9. The van der Waals surface area contributed by atoms with Gasteiger partial charge in [-0.1, -0.05) is 70.4 Å². The fourth-order valence-corrected chi connectivity index (χ4v) is 3.72. The molecule has 0 aliphatic heterocycles. The van der Waals surface area contributed by atoms with Gasteiger partial charge in [-0.15, -0.1) is 0 Å². The molecule has 1 aromatic heterocycles. The van der Waals surface area contributed by atoms with Crippen molar-refractivity contribution in [1.82, 2.24) is 4.57 Å². The minimum Gasteiger partial charge on any atom is -0.299 e. The normalized spacial score (nSPS) is 11.8. The monoisotopic (exact) mass is 349 g/mol. The number of benzene rings is 1. The van der Waals surface area contributed by atoms with Crippen LogP contribution in [0.4, 0.5) is 0 Å². The van der Waals surface area contributed by atoms with Gasteiger partial charge in [-0.3, -0.25) is 9.36 Å². The Bertz CT molecular complexity index is 670. The van der Waals surface area contributed by atoms with Crippen LogP contribution >= 0.6 is 46.1 Å². The molecule has 0 N–H and O–H groups in total. The molecule has 0 saturated heterocycles. The Hall–Kier alpha value is -0.480. The summed E-state index contributed by atoms with van der Waals surface area (Å²) in [4.78, 5) is 12.9. The highest BCUT2D eigenvalue weighted by molar-refractivity contribution is 7.09. The van der Waals surface area contributed by atoms with Gasteiger partial charge < -0.3 is 0 Å². The third kappa shape index (κ3) is 3.79. The predicted molar refractivity (Wildman–Crippen MR) is 87.6 cm³/mol. The summed E-state index contributed by atoms with van der Waals surface area (Å²) in [5, 5.41) is 0. The summed E-state index contributed by atoms with van der Waals surface area (Å²) in [6.45, 7) is 4.47. The van der Waals surface area contributed by atoms with E-state index in [1.807, 2.05) is 38.1 Å². The highest BCUT2D eigenvalue weighted by Crippen LogP contribution is 2.32. The van der Waals surface area contributed by atoms with E-state index in [-0.39, 0.29) is 11.3 Å². The van der Waals surface area contributed by atoms with Crippen molar-refractivity contribution < 1.29 is 0 Å². The lowest BCUT2D eigenvalue weighted by atomic mass is 10.1. The molecule has 0 saturated carbocycles. The van der Waals surface area contributed by atoms with Crippen molar-refractivity contribution in [1.29, 1.82) is 0 Å². The van der Waals surface area contributed by atoms with Crippen LogP contribution in [-0.2, 0) is 13.0 Å². The second-order valence-electron chi connectivity index (χ2n) is 4.68. The quantitative estimate of drug-likeness (QED) is 0.748. The van der Waals surface area contributed by atoms with Crippen LogP contribution in [0, 0.1) is 13.8 Å². The lowest BCUT2D eigenvalue weighted by Crippen LogP contribution is -2.16. The molecule has 0 aliphatic carbocycles. The molecule has 1 heterocycles. The third-order valence-electron chi connectivity index (χ3n) is 3.19. The SMILES string of the molecule is Cc1ccccc1Cn1c(C)c(CC(Cl)(Cl)Cl)sc1=O. The van der Waals surface area contributed by atoms with Gasteiger partial charge in [-0.05, 0) is 25.0 Å². The van der Waals surface area contributed by atoms with Crippen molar-refractivity contribution in [2.45, 2.75) is 30.6 Å². The number of alkyl halides is 3. The van der Waals surface area contributed by atoms with Crippen molar-refractivity contribution >= 4 is 46.1 Å². The molecule has 2 nitrogen and oxygen atoms in total. The lowest BCUT2D eigenvalue weighted by Gasteiger charge is -2.11. The number of aryl methyl sites for hydroxylation is 1. The van der Waals surface area contributed by atoms with E-state index in [1.165, 1.54) is 0 Å². The average molecular weight is 351 g/mol. The van der Waals surface area contributed by atoms with Crippen molar-refractivity contribution in [2.24, 2.45) is 0 Å². The van der Waals surface area contributed by atoms with E-state index >= 15 is 0 Å². The van der Waals surface area contributed by atoms with Crippen LogP contribution in [0.1, 0.15) is 21.7 Å². The van der Waals surface area contributed by atoms with Crippen molar-refractivity contribution in [3.05, 3.63) is 55.6 Å². The zero-order valence-corrected chi connectivity index (χ0v) is 14.2. The van der Waals surface area contributed by atoms with Gasteiger partial charge in [0.2, 0.25) is 0 Å². The number of aromatic nitrogens is 1. The molecule has 1 aromatic carbocycles. The van der Waals surface area contributed by atoms with E-state index in [1.54, 1.807) is 4.57 Å². The molecule has 0 bridgehead atoms. The zero-order valence-electron chi connectivity index (χ0n) is 11.1. The number of hydrogen-bond acceptors (Lipinski definition) is 2. The van der Waals surface area contributed by atoms with Crippen molar-refractivity contribution in [2.75, 3.05) is 0 Å². The Morgan fingerprint density at radius 3 is 2.45 bits per heavy atom. The summed E-state index contributed by atoms with van der Waals surface area (Å²) in [6.07, 6.45) is 0.254. The number of halogens is 3. The van der Waals surface area contributed by atoms with Crippen molar-refractivity contribution in [3.8, 4) is 0 Å². The van der Waals surface area contributed by atoms with Crippen LogP contribution < -0.4 is 4.87 Å². The molecule has 2 rings (SSSR count). The Kier molecular flexibility index (Phi) is 4.85. The second-order valence-corrected chi connectivity index (χ2v) is 8.24. The molecule has 2 aromatic rings. The summed E-state index contributed by atoms with van der Waals surface area (Å²) < 4.78 is 0.362. The first-order chi connectivity index (χ1) is 9.28. The summed E-state index contributed by atoms with van der Waals surface area (Å²) in [6, 6.07) is 8.01. The summed E-state index contributed by atoms with van der Waals surface area (Å²) >= 11 is 18.6. The van der Waals surface area contributed by atoms with Gasteiger partial charge in [-0.2, -0.15) is 0 Å². The maximum atomic E-state index is 12.1. The van der Waals surface area contributed by atoms with Crippen LogP contribution in [0.5, 0.6) is 0 Å². The maximum Gasteiger partial charge on any atom is 0.307 e. The van der Waals surface area contributed by atoms with E-state index in [9.17, 15) is 4.79 Å². The minimum atomic E-state index is -1.37. The Morgan fingerprint density at radius 2 is 1.85 bits per heavy atom. The molecule has 0 unspecified atom stereocenters. The van der Waals surface area contributed by atoms with E-state index in [0.29, 0.717) is 6.54 Å². The fraction of sp³-hybridized carbons (Fsp3) is 0.357. The van der Waals surface area contributed by atoms with Crippen LogP contribution in [0.3, 0.4) is 0 Å². The predicted octanol–water partition coefficient (Wildman–Crippen LogP) is 4.49. The van der Waals surface area contributed by atoms with Crippen LogP contribution in [0.15, 0.2) is 29.1 Å². The zero-order chi connectivity index (χ0) is 14.9. The fourth-order valence-electron chi connectivity index (χ4n) is 2.01. The minimum absolute atomic E-state index is 0.0185. The molecule has 0 amide bonds. The van der Waals surface area contributed by atoms with Gasteiger partial charge in [0, 0.05) is 17.0 Å². The Balaban J connectivity index is 2.34. The molecule has 20 heavy (non-hydrogen) atoms. The molecule has 0 fully saturated rings. The van der Waals surface area contributed by atoms with Gasteiger partial charge in [0.15, 0.2) is 3.79 Å². The van der Waals surface area contributed by atoms with Crippen LogP contribution in [0.25, 0.3) is 0 Å².